The zero-order valence-electron chi connectivity index (χ0n) is 16.3. The van der Waals surface area contributed by atoms with Gasteiger partial charge in [-0.05, 0) is 36.8 Å². The van der Waals surface area contributed by atoms with Gasteiger partial charge in [-0.1, -0.05) is 6.92 Å². The van der Waals surface area contributed by atoms with Crippen LogP contribution in [0.15, 0.2) is 36.4 Å². The van der Waals surface area contributed by atoms with E-state index in [4.69, 9.17) is 9.47 Å². The number of hydrogen-bond donors (Lipinski definition) is 2. The summed E-state index contributed by atoms with van der Waals surface area (Å²) in [7, 11) is 1.39. The third-order valence-corrected chi connectivity index (χ3v) is 6.26. The Morgan fingerprint density at radius 2 is 2.04 bits per heavy atom. The van der Waals surface area contributed by atoms with E-state index in [1.165, 1.54) is 7.11 Å². The van der Waals surface area contributed by atoms with Crippen LogP contribution in [0.3, 0.4) is 0 Å². The number of nitrogens with zero attached hydrogens (tertiary/aromatic N) is 1. The zero-order valence-corrected chi connectivity index (χ0v) is 16.3. The predicted octanol–water partition coefficient (Wildman–Crippen LogP) is 1.93. The molecule has 0 radical (unpaired) electrons. The molecule has 4 rings (SSSR count). The van der Waals surface area contributed by atoms with Crippen LogP contribution in [-0.2, 0) is 19.1 Å². The molecule has 1 unspecified atom stereocenters. The molecule has 1 fully saturated rings. The molecule has 3 aliphatic rings. The fourth-order valence-electron chi connectivity index (χ4n) is 4.61. The highest BCUT2D eigenvalue weighted by atomic mass is 16.5. The zero-order chi connectivity index (χ0) is 19.8. The van der Waals surface area contributed by atoms with Crippen molar-refractivity contribution in [1.82, 2.24) is 15.6 Å². The quantitative estimate of drug-likeness (QED) is 0.771. The summed E-state index contributed by atoms with van der Waals surface area (Å²) in [6, 6.07) is 1.94. The first-order chi connectivity index (χ1) is 13.5. The van der Waals surface area contributed by atoms with Crippen LogP contribution in [0, 0.1) is 17.8 Å². The van der Waals surface area contributed by atoms with Gasteiger partial charge in [0.1, 0.15) is 6.10 Å². The van der Waals surface area contributed by atoms with Crippen molar-refractivity contribution < 1.29 is 19.1 Å². The second-order valence-corrected chi connectivity index (χ2v) is 7.72. The summed E-state index contributed by atoms with van der Waals surface area (Å²) in [5.74, 6) is -0.263. The highest BCUT2D eigenvalue weighted by Crippen LogP contribution is 2.44. The Bertz CT molecular complexity index is 863. The molecule has 3 heterocycles. The Morgan fingerprint density at radius 3 is 2.82 bits per heavy atom. The van der Waals surface area contributed by atoms with Gasteiger partial charge in [-0.25, -0.2) is 9.59 Å². The Morgan fingerprint density at radius 1 is 1.21 bits per heavy atom. The van der Waals surface area contributed by atoms with E-state index in [2.05, 4.69) is 22.5 Å². The number of esters is 2. The molecule has 5 atom stereocenters. The fourth-order valence-corrected chi connectivity index (χ4v) is 4.61. The number of hydrogen-bond acceptors (Lipinski definition) is 7. The molecule has 2 aliphatic heterocycles. The average molecular weight is 383 g/mol. The Balaban J connectivity index is 1.52. The van der Waals surface area contributed by atoms with Gasteiger partial charge in [-0.3, -0.25) is 4.98 Å². The summed E-state index contributed by atoms with van der Waals surface area (Å²) >= 11 is 0. The number of nitrogens with one attached hydrogen (secondary N) is 2. The van der Waals surface area contributed by atoms with Gasteiger partial charge in [0.25, 0.3) is 0 Å². The van der Waals surface area contributed by atoms with Crippen LogP contribution in [-0.4, -0.2) is 36.7 Å². The molecular weight excluding hydrogens is 358 g/mol. The van der Waals surface area contributed by atoms with Crippen molar-refractivity contribution in [3.05, 3.63) is 47.6 Å². The van der Waals surface area contributed by atoms with Crippen molar-refractivity contribution >= 4 is 17.5 Å². The molecule has 7 nitrogen and oxygen atoms in total. The monoisotopic (exact) mass is 383 g/mol. The van der Waals surface area contributed by atoms with Gasteiger partial charge in [0, 0.05) is 42.8 Å². The van der Waals surface area contributed by atoms with Crippen LogP contribution in [0.4, 0.5) is 0 Å². The molecule has 0 bridgehead atoms. The van der Waals surface area contributed by atoms with E-state index in [-0.39, 0.29) is 41.8 Å². The van der Waals surface area contributed by atoms with Crippen molar-refractivity contribution in [3.63, 3.8) is 0 Å². The maximum absolute atomic E-state index is 13.0. The van der Waals surface area contributed by atoms with E-state index in [1.54, 1.807) is 24.8 Å². The van der Waals surface area contributed by atoms with E-state index in [0.29, 0.717) is 17.6 Å². The van der Waals surface area contributed by atoms with Gasteiger partial charge in [-0.15, -0.1) is 0 Å². The van der Waals surface area contributed by atoms with Crippen molar-refractivity contribution in [2.24, 2.45) is 17.8 Å². The van der Waals surface area contributed by atoms with Gasteiger partial charge >= 0.3 is 11.9 Å². The Kier molecular flexibility index (Phi) is 4.83. The van der Waals surface area contributed by atoms with Crippen LogP contribution in [0.25, 0.3) is 5.57 Å². The van der Waals surface area contributed by atoms with E-state index >= 15 is 0 Å². The first-order valence-electron chi connectivity index (χ1n) is 9.64. The minimum absolute atomic E-state index is 0.0384. The molecular formula is C21H25N3O4. The Labute approximate surface area is 164 Å². The molecule has 1 aromatic rings. The molecule has 28 heavy (non-hydrogen) atoms. The van der Waals surface area contributed by atoms with Gasteiger partial charge in [-0.2, -0.15) is 0 Å². The molecule has 0 amide bonds. The fraction of sp³-hybridized carbons (Fsp3) is 0.476. The molecule has 148 valence electrons. The molecule has 0 spiro atoms. The lowest BCUT2D eigenvalue weighted by Crippen LogP contribution is -2.35. The standard InChI is InChI=1S/C21H25N3O4/c1-11-15-7-23-9-17(20(25)27-3)14(15)6-19(11)28-21(26)18-10-24-12(2)16-8-22-5-4-13(16)18/h4-5,8-12,14-15,19,23-24H,6-7H2,1-3H3/t11-,12?,14+,15-,19+/m1/s1. The van der Waals surface area contributed by atoms with Crippen LogP contribution in [0.5, 0.6) is 0 Å². The van der Waals surface area contributed by atoms with E-state index < -0.39 is 0 Å². The van der Waals surface area contributed by atoms with Gasteiger partial charge in [0.05, 0.1) is 24.3 Å². The van der Waals surface area contributed by atoms with Crippen LogP contribution < -0.4 is 10.6 Å². The molecule has 1 saturated carbocycles. The lowest BCUT2D eigenvalue weighted by Gasteiger charge is -2.28. The van der Waals surface area contributed by atoms with Crippen LogP contribution in [0.1, 0.15) is 37.4 Å². The maximum Gasteiger partial charge on any atom is 0.340 e. The second kappa shape index (κ2) is 7.30. The number of rotatable bonds is 3. The second-order valence-electron chi connectivity index (χ2n) is 7.72. The summed E-state index contributed by atoms with van der Waals surface area (Å²) in [5.41, 5.74) is 2.98. The summed E-state index contributed by atoms with van der Waals surface area (Å²) in [5, 5.41) is 6.38. The van der Waals surface area contributed by atoms with Crippen molar-refractivity contribution in [1.29, 1.82) is 0 Å². The maximum atomic E-state index is 13.0. The van der Waals surface area contributed by atoms with Gasteiger partial charge in [0.2, 0.25) is 0 Å². The summed E-state index contributed by atoms with van der Waals surface area (Å²) in [6.45, 7) is 4.87. The smallest absolute Gasteiger partial charge is 0.340 e. The third-order valence-electron chi connectivity index (χ3n) is 6.26. The predicted molar refractivity (Wildman–Crippen MR) is 103 cm³/mol. The summed E-state index contributed by atoms with van der Waals surface area (Å²) in [4.78, 5) is 29.2. The van der Waals surface area contributed by atoms with Crippen molar-refractivity contribution in [3.8, 4) is 0 Å². The van der Waals surface area contributed by atoms with Crippen LogP contribution in [0.2, 0.25) is 0 Å². The summed E-state index contributed by atoms with van der Waals surface area (Å²) in [6.07, 6.45) is 7.30. The minimum Gasteiger partial charge on any atom is -0.466 e. The molecule has 1 aliphatic carbocycles. The van der Waals surface area contributed by atoms with Crippen molar-refractivity contribution in [2.75, 3.05) is 13.7 Å². The highest BCUT2D eigenvalue weighted by molar-refractivity contribution is 6.17. The number of aromatic nitrogens is 1. The topological polar surface area (TPSA) is 89.5 Å². The highest BCUT2D eigenvalue weighted by Gasteiger charge is 2.47. The first kappa shape index (κ1) is 18.5. The number of pyridine rings is 1. The van der Waals surface area contributed by atoms with E-state index in [0.717, 1.165) is 17.7 Å². The van der Waals surface area contributed by atoms with Crippen molar-refractivity contribution in [2.45, 2.75) is 32.4 Å². The average Bonchev–Trinajstić information content (AvgIpc) is 3.03. The number of fused-ring (bicyclic) bond motifs is 2. The SMILES string of the molecule is COC(=O)C1=CNC[C@@H]2[C@@H](C)[C@@H](OC(=O)C3=CNC(C)c4cnccc43)C[C@H]12. The number of ether oxygens (including phenoxy) is 2. The van der Waals surface area contributed by atoms with Gasteiger partial charge in [0.15, 0.2) is 0 Å². The summed E-state index contributed by atoms with van der Waals surface area (Å²) < 4.78 is 10.8. The normalized spacial score (nSPS) is 30.6. The molecule has 2 N–H and O–H groups in total. The third kappa shape index (κ3) is 3.04. The molecule has 0 saturated heterocycles. The van der Waals surface area contributed by atoms with Crippen LogP contribution >= 0.6 is 0 Å². The molecule has 0 aromatic carbocycles. The van der Waals surface area contributed by atoms with E-state index in [9.17, 15) is 9.59 Å². The number of methoxy groups -OCH3 is 1. The lowest BCUT2D eigenvalue weighted by molar-refractivity contribution is -0.143. The lowest BCUT2D eigenvalue weighted by atomic mass is 9.83. The largest absolute Gasteiger partial charge is 0.466 e. The molecule has 1 aromatic heterocycles. The van der Waals surface area contributed by atoms with Gasteiger partial charge < -0.3 is 20.1 Å². The number of carbonyl (C=O) groups is 2. The Hall–Kier alpha value is -2.83. The first-order valence-corrected chi connectivity index (χ1v) is 9.64. The number of carbonyl (C=O) groups excluding carboxylic acids is 2. The van der Waals surface area contributed by atoms with E-state index in [1.807, 2.05) is 13.0 Å². The molecule has 7 heteroatoms. The minimum atomic E-state index is -0.348.